The summed E-state index contributed by atoms with van der Waals surface area (Å²) in [5.41, 5.74) is 0. The molecule has 1 rings (SSSR count). The van der Waals surface area contributed by atoms with Crippen molar-refractivity contribution >= 4 is 23.2 Å². The number of alkyl halides is 2. The Morgan fingerprint density at radius 3 is 2.90 bits per heavy atom. The summed E-state index contributed by atoms with van der Waals surface area (Å²) in [6.07, 6.45) is 5.31. The molecule has 1 atom stereocenters. The van der Waals surface area contributed by atoms with Crippen LogP contribution in [0.4, 0.5) is 0 Å². The Hall–Kier alpha value is -0.210. The molecule has 0 saturated heterocycles. The van der Waals surface area contributed by atoms with Crippen LogP contribution in [0.25, 0.3) is 0 Å². The van der Waals surface area contributed by atoms with Gasteiger partial charge in [-0.05, 0) is 0 Å². The second-order valence-electron chi connectivity index (χ2n) is 2.01. The zero-order chi connectivity index (χ0) is 7.40. The Bertz CT molecular complexity index is 174. The monoisotopic (exact) mass is 178 g/mol. The summed E-state index contributed by atoms with van der Waals surface area (Å²) in [6.45, 7) is 0.727. The Morgan fingerprint density at radius 2 is 2.40 bits per heavy atom. The Morgan fingerprint density at radius 1 is 1.60 bits per heavy atom. The first-order chi connectivity index (χ1) is 4.83. The molecule has 2 nitrogen and oxygen atoms in total. The maximum atomic E-state index is 5.78. The van der Waals surface area contributed by atoms with Crippen molar-refractivity contribution in [1.82, 2.24) is 9.55 Å². The van der Waals surface area contributed by atoms with Gasteiger partial charge in [-0.3, -0.25) is 0 Å². The fourth-order valence-corrected chi connectivity index (χ4v) is 0.929. The van der Waals surface area contributed by atoms with E-state index < -0.39 is 0 Å². The molecule has 0 amide bonds. The molecule has 1 aromatic rings. The third kappa shape index (κ3) is 2.20. The highest BCUT2D eigenvalue weighted by atomic mass is 35.5. The van der Waals surface area contributed by atoms with Crippen LogP contribution in [0.5, 0.6) is 0 Å². The Balaban J connectivity index is 2.40. The maximum absolute atomic E-state index is 5.78. The van der Waals surface area contributed by atoms with Crippen LogP contribution in [-0.4, -0.2) is 20.8 Å². The van der Waals surface area contributed by atoms with E-state index in [1.165, 1.54) is 0 Å². The van der Waals surface area contributed by atoms with E-state index in [0.717, 1.165) is 6.54 Å². The summed E-state index contributed by atoms with van der Waals surface area (Å²) in [7, 11) is 0. The molecule has 0 aromatic carbocycles. The van der Waals surface area contributed by atoms with E-state index in [9.17, 15) is 0 Å². The topological polar surface area (TPSA) is 17.8 Å². The summed E-state index contributed by atoms with van der Waals surface area (Å²) in [4.78, 5) is 3.87. The number of hydrogen-bond acceptors (Lipinski definition) is 1. The van der Waals surface area contributed by atoms with Crippen LogP contribution in [0.15, 0.2) is 18.7 Å². The molecule has 0 radical (unpaired) electrons. The van der Waals surface area contributed by atoms with E-state index in [4.69, 9.17) is 23.2 Å². The van der Waals surface area contributed by atoms with Gasteiger partial charge in [0.05, 0.1) is 11.7 Å². The molecule has 56 valence electrons. The molecule has 0 aliphatic carbocycles. The Labute approximate surface area is 69.8 Å². The van der Waals surface area contributed by atoms with Gasteiger partial charge in [0, 0.05) is 24.8 Å². The summed E-state index contributed by atoms with van der Waals surface area (Å²) < 4.78 is 1.90. The molecule has 0 bridgehead atoms. The molecule has 10 heavy (non-hydrogen) atoms. The first kappa shape index (κ1) is 7.89. The molecular weight excluding hydrogens is 171 g/mol. The van der Waals surface area contributed by atoms with Crippen LogP contribution < -0.4 is 0 Å². The van der Waals surface area contributed by atoms with E-state index in [1.807, 2.05) is 10.8 Å². The van der Waals surface area contributed by atoms with Crippen LogP contribution in [0.1, 0.15) is 0 Å². The van der Waals surface area contributed by atoms with Gasteiger partial charge in [-0.25, -0.2) is 4.98 Å². The fourth-order valence-electron chi connectivity index (χ4n) is 0.672. The predicted molar refractivity (Wildman–Crippen MR) is 42.6 cm³/mol. The van der Waals surface area contributed by atoms with E-state index >= 15 is 0 Å². The first-order valence-corrected chi connectivity index (χ1v) is 3.96. The number of halogens is 2. The number of aromatic nitrogens is 2. The summed E-state index contributed by atoms with van der Waals surface area (Å²) in [5, 5.41) is -0.00383. The van der Waals surface area contributed by atoms with Gasteiger partial charge in [0.1, 0.15) is 0 Å². The maximum Gasteiger partial charge on any atom is 0.0946 e. The number of rotatable bonds is 3. The minimum atomic E-state index is -0.00383. The van der Waals surface area contributed by atoms with Crippen LogP contribution in [0.3, 0.4) is 0 Å². The van der Waals surface area contributed by atoms with Crippen molar-refractivity contribution in [2.45, 2.75) is 11.9 Å². The van der Waals surface area contributed by atoms with Crippen molar-refractivity contribution in [3.63, 3.8) is 0 Å². The summed E-state index contributed by atoms with van der Waals surface area (Å²) in [5.74, 6) is 0.472. The van der Waals surface area contributed by atoms with E-state index in [1.54, 1.807) is 12.5 Å². The highest BCUT2D eigenvalue weighted by Gasteiger charge is 2.01. The van der Waals surface area contributed by atoms with Gasteiger partial charge in [0.25, 0.3) is 0 Å². The van der Waals surface area contributed by atoms with Crippen LogP contribution in [-0.2, 0) is 6.54 Å². The lowest BCUT2D eigenvalue weighted by atomic mass is 10.5. The second-order valence-corrected chi connectivity index (χ2v) is 2.94. The van der Waals surface area contributed by atoms with Crippen molar-refractivity contribution in [2.24, 2.45) is 0 Å². The van der Waals surface area contributed by atoms with E-state index in [2.05, 4.69) is 4.98 Å². The molecule has 0 saturated carbocycles. The van der Waals surface area contributed by atoms with Crippen molar-refractivity contribution < 1.29 is 0 Å². The predicted octanol–water partition coefficient (Wildman–Crippen LogP) is 1.73. The van der Waals surface area contributed by atoms with Crippen LogP contribution >= 0.6 is 23.2 Å². The highest BCUT2D eigenvalue weighted by Crippen LogP contribution is 2.01. The molecule has 0 unspecified atom stereocenters. The third-order valence-electron chi connectivity index (χ3n) is 1.14. The fraction of sp³-hybridized carbons (Fsp3) is 0.500. The number of nitrogens with zero attached hydrogens (tertiary/aromatic N) is 2. The highest BCUT2D eigenvalue weighted by molar-refractivity contribution is 6.28. The van der Waals surface area contributed by atoms with Crippen molar-refractivity contribution in [3.05, 3.63) is 18.7 Å². The summed E-state index contributed by atoms with van der Waals surface area (Å²) >= 11 is 11.3. The third-order valence-corrected chi connectivity index (χ3v) is 1.96. The minimum absolute atomic E-state index is 0.00383. The van der Waals surface area contributed by atoms with Crippen molar-refractivity contribution in [2.75, 3.05) is 5.88 Å². The molecule has 0 N–H and O–H groups in total. The zero-order valence-corrected chi connectivity index (χ0v) is 6.89. The SMILES string of the molecule is ClC[C@@H](Cl)Cn1ccnc1. The molecule has 0 aliphatic heterocycles. The Kier molecular flexibility index (Phi) is 3.03. The van der Waals surface area contributed by atoms with E-state index in [0.29, 0.717) is 5.88 Å². The largest absolute Gasteiger partial charge is 0.336 e. The molecule has 1 heterocycles. The van der Waals surface area contributed by atoms with Crippen molar-refractivity contribution in [1.29, 1.82) is 0 Å². The lowest BCUT2D eigenvalue weighted by molar-refractivity contribution is 0.688. The lowest BCUT2D eigenvalue weighted by Gasteiger charge is -2.04. The van der Waals surface area contributed by atoms with Gasteiger partial charge in [-0.2, -0.15) is 0 Å². The molecular formula is C6H8Cl2N2. The van der Waals surface area contributed by atoms with E-state index in [-0.39, 0.29) is 5.38 Å². The molecule has 0 spiro atoms. The van der Waals surface area contributed by atoms with Crippen molar-refractivity contribution in [3.8, 4) is 0 Å². The normalized spacial score (nSPS) is 13.4. The second kappa shape index (κ2) is 3.84. The van der Waals surface area contributed by atoms with Crippen LogP contribution in [0, 0.1) is 0 Å². The zero-order valence-electron chi connectivity index (χ0n) is 5.37. The quantitative estimate of drug-likeness (QED) is 0.646. The molecule has 4 heteroatoms. The lowest BCUT2D eigenvalue weighted by Crippen LogP contribution is -2.09. The van der Waals surface area contributed by atoms with Gasteiger partial charge in [-0.15, -0.1) is 23.2 Å². The van der Waals surface area contributed by atoms with Gasteiger partial charge >= 0.3 is 0 Å². The van der Waals surface area contributed by atoms with Gasteiger partial charge in [-0.1, -0.05) is 0 Å². The molecule has 1 aromatic heterocycles. The number of imidazole rings is 1. The number of hydrogen-bond donors (Lipinski definition) is 0. The van der Waals surface area contributed by atoms with Gasteiger partial charge < -0.3 is 4.57 Å². The first-order valence-electron chi connectivity index (χ1n) is 2.98. The molecule has 0 fully saturated rings. The van der Waals surface area contributed by atoms with Gasteiger partial charge in [0.15, 0.2) is 0 Å². The standard InChI is InChI=1S/C6H8Cl2N2/c7-3-6(8)4-10-2-1-9-5-10/h1-2,5-6H,3-4H2/t6-/m1/s1. The average Bonchev–Trinajstić information content (AvgIpc) is 2.40. The molecule has 0 aliphatic rings. The smallest absolute Gasteiger partial charge is 0.0946 e. The minimum Gasteiger partial charge on any atom is -0.336 e. The van der Waals surface area contributed by atoms with Gasteiger partial charge in [0.2, 0.25) is 0 Å². The summed E-state index contributed by atoms with van der Waals surface area (Å²) in [6, 6.07) is 0. The average molecular weight is 179 g/mol. The van der Waals surface area contributed by atoms with Crippen LogP contribution in [0.2, 0.25) is 0 Å².